The number of hydrogen-bond donors (Lipinski definition) is 2. The molecule has 2 aromatic rings. The van der Waals surface area contributed by atoms with E-state index in [4.69, 9.17) is 0 Å². The van der Waals surface area contributed by atoms with Gasteiger partial charge in [0.05, 0.1) is 5.56 Å². The number of aromatic amines is 1. The van der Waals surface area contributed by atoms with Crippen molar-refractivity contribution in [2.24, 2.45) is 5.92 Å². The number of amides is 2. The van der Waals surface area contributed by atoms with Crippen LogP contribution in [0.15, 0.2) is 23.1 Å². The molecule has 9 heteroatoms. The molecule has 2 amide bonds. The SMILES string of the molecule is Cc1ccc(NC(=O)C2CCN(S(=O)(=O)c3c(C)[nH]c(C)c3C(=O)N3CCCC3)CC2)cc1C. The minimum Gasteiger partial charge on any atom is -0.361 e. The normalized spacial score (nSPS) is 17.8. The van der Waals surface area contributed by atoms with Crippen molar-refractivity contribution in [1.29, 1.82) is 0 Å². The zero-order valence-electron chi connectivity index (χ0n) is 20.4. The molecule has 2 saturated heterocycles. The maximum absolute atomic E-state index is 13.6. The van der Waals surface area contributed by atoms with Crippen LogP contribution in [0.1, 0.15) is 58.6 Å². The molecule has 2 fully saturated rings. The number of aromatic nitrogens is 1. The van der Waals surface area contributed by atoms with E-state index >= 15 is 0 Å². The Labute approximate surface area is 201 Å². The summed E-state index contributed by atoms with van der Waals surface area (Å²) in [5, 5.41) is 2.97. The molecule has 8 nitrogen and oxygen atoms in total. The number of H-pyrrole nitrogens is 1. The number of aryl methyl sites for hydroxylation is 4. The van der Waals surface area contributed by atoms with E-state index < -0.39 is 10.0 Å². The molecule has 0 spiro atoms. The molecule has 0 radical (unpaired) electrons. The van der Waals surface area contributed by atoms with E-state index in [9.17, 15) is 18.0 Å². The minimum absolute atomic E-state index is 0.0833. The molecule has 0 atom stereocenters. The second-order valence-corrected chi connectivity index (χ2v) is 11.4. The fourth-order valence-corrected chi connectivity index (χ4v) is 6.85. The number of piperidine rings is 1. The van der Waals surface area contributed by atoms with Gasteiger partial charge in [0.2, 0.25) is 15.9 Å². The molecule has 0 bridgehead atoms. The molecule has 0 saturated carbocycles. The predicted octanol–water partition coefficient (Wildman–Crippen LogP) is 3.52. The molecule has 34 heavy (non-hydrogen) atoms. The van der Waals surface area contributed by atoms with Gasteiger partial charge in [-0.1, -0.05) is 6.07 Å². The van der Waals surface area contributed by atoms with Crippen LogP contribution >= 0.6 is 0 Å². The van der Waals surface area contributed by atoms with Crippen molar-refractivity contribution in [3.8, 4) is 0 Å². The first-order chi connectivity index (χ1) is 16.1. The third-order valence-electron chi connectivity index (χ3n) is 7.12. The summed E-state index contributed by atoms with van der Waals surface area (Å²) >= 11 is 0. The Balaban J connectivity index is 1.47. The van der Waals surface area contributed by atoms with Crippen molar-refractivity contribution >= 4 is 27.5 Å². The van der Waals surface area contributed by atoms with Gasteiger partial charge in [0, 0.05) is 49.2 Å². The molecule has 184 valence electrons. The zero-order chi connectivity index (χ0) is 24.6. The van der Waals surface area contributed by atoms with Gasteiger partial charge < -0.3 is 15.2 Å². The third-order valence-corrected chi connectivity index (χ3v) is 9.19. The molecule has 1 aromatic heterocycles. The van der Waals surface area contributed by atoms with E-state index in [1.807, 2.05) is 32.0 Å². The third kappa shape index (κ3) is 4.63. The highest BCUT2D eigenvalue weighted by molar-refractivity contribution is 7.89. The molecule has 4 rings (SSSR count). The topological polar surface area (TPSA) is 103 Å². The van der Waals surface area contributed by atoms with Crippen LogP contribution in [0.3, 0.4) is 0 Å². The van der Waals surface area contributed by atoms with E-state index in [-0.39, 0.29) is 41.3 Å². The van der Waals surface area contributed by atoms with E-state index in [1.165, 1.54) is 4.31 Å². The highest BCUT2D eigenvalue weighted by atomic mass is 32.2. The molecular formula is C25H34N4O4S. The number of benzene rings is 1. The average Bonchev–Trinajstić information content (AvgIpc) is 3.44. The summed E-state index contributed by atoms with van der Waals surface area (Å²) in [6, 6.07) is 5.81. The van der Waals surface area contributed by atoms with Crippen molar-refractivity contribution in [3.63, 3.8) is 0 Å². The van der Waals surface area contributed by atoms with Gasteiger partial charge in [-0.3, -0.25) is 9.59 Å². The Morgan fingerprint density at radius 2 is 1.59 bits per heavy atom. The van der Waals surface area contributed by atoms with Crippen LogP contribution < -0.4 is 5.32 Å². The van der Waals surface area contributed by atoms with E-state index in [0.29, 0.717) is 37.3 Å². The Hall–Kier alpha value is -2.65. The summed E-state index contributed by atoms with van der Waals surface area (Å²) in [5.41, 5.74) is 4.34. The molecule has 0 unspecified atom stereocenters. The van der Waals surface area contributed by atoms with Gasteiger partial charge in [-0.05, 0) is 76.6 Å². The highest BCUT2D eigenvalue weighted by Crippen LogP contribution is 2.31. The predicted molar refractivity (Wildman–Crippen MR) is 131 cm³/mol. The lowest BCUT2D eigenvalue weighted by Gasteiger charge is -2.31. The van der Waals surface area contributed by atoms with E-state index in [0.717, 1.165) is 29.7 Å². The summed E-state index contributed by atoms with van der Waals surface area (Å²) in [5.74, 6) is -0.563. The largest absolute Gasteiger partial charge is 0.361 e. The number of rotatable bonds is 5. The fraction of sp³-hybridized carbons (Fsp3) is 0.520. The lowest BCUT2D eigenvalue weighted by atomic mass is 9.97. The first-order valence-electron chi connectivity index (χ1n) is 12.0. The van der Waals surface area contributed by atoms with Gasteiger partial charge in [-0.15, -0.1) is 0 Å². The lowest BCUT2D eigenvalue weighted by molar-refractivity contribution is -0.120. The molecule has 2 aliphatic heterocycles. The standard InChI is InChI=1S/C25H34N4O4S/c1-16-7-8-21(15-17(16)2)27-24(30)20-9-13-29(14-10-20)34(32,33)23-19(4)26-18(3)22(23)25(31)28-11-5-6-12-28/h7-8,15,20,26H,5-6,9-14H2,1-4H3,(H,27,30). The van der Waals surface area contributed by atoms with Crippen molar-refractivity contribution < 1.29 is 18.0 Å². The number of hydrogen-bond acceptors (Lipinski definition) is 4. The van der Waals surface area contributed by atoms with Crippen LogP contribution in [0.25, 0.3) is 0 Å². The van der Waals surface area contributed by atoms with Crippen molar-refractivity contribution in [2.45, 2.75) is 58.3 Å². The first-order valence-corrected chi connectivity index (χ1v) is 13.4. The maximum Gasteiger partial charge on any atom is 0.257 e. The number of sulfonamides is 1. The second-order valence-electron chi connectivity index (χ2n) is 9.55. The maximum atomic E-state index is 13.6. The summed E-state index contributed by atoms with van der Waals surface area (Å²) < 4.78 is 28.7. The minimum atomic E-state index is -3.87. The Bertz CT molecular complexity index is 1200. The van der Waals surface area contributed by atoms with Crippen molar-refractivity contribution in [3.05, 3.63) is 46.3 Å². The van der Waals surface area contributed by atoms with Crippen molar-refractivity contribution in [1.82, 2.24) is 14.2 Å². The first kappa shape index (κ1) is 24.5. The fourth-order valence-electron chi connectivity index (χ4n) is 4.97. The molecule has 0 aliphatic carbocycles. The van der Waals surface area contributed by atoms with Crippen LogP contribution in [0.4, 0.5) is 5.69 Å². The van der Waals surface area contributed by atoms with E-state index in [1.54, 1.807) is 18.7 Å². The molecule has 1 aromatic carbocycles. The van der Waals surface area contributed by atoms with Gasteiger partial charge >= 0.3 is 0 Å². The summed E-state index contributed by atoms with van der Waals surface area (Å²) in [6.45, 7) is 9.27. The molecule has 3 heterocycles. The number of likely N-dealkylation sites (tertiary alicyclic amines) is 1. The summed E-state index contributed by atoms with van der Waals surface area (Å²) in [7, 11) is -3.87. The Morgan fingerprint density at radius 1 is 0.941 bits per heavy atom. The Kier molecular flexibility index (Phi) is 6.87. The van der Waals surface area contributed by atoms with Gasteiger partial charge in [0.25, 0.3) is 5.91 Å². The number of carbonyl (C=O) groups excluding carboxylic acids is 2. The summed E-state index contributed by atoms with van der Waals surface area (Å²) in [4.78, 5) is 30.9. The summed E-state index contributed by atoms with van der Waals surface area (Å²) in [6.07, 6.45) is 2.75. The number of carbonyl (C=O) groups is 2. The van der Waals surface area contributed by atoms with Crippen LogP contribution in [0, 0.1) is 33.6 Å². The molecule has 2 N–H and O–H groups in total. The molecular weight excluding hydrogens is 452 g/mol. The number of nitrogens with zero attached hydrogens (tertiary/aromatic N) is 2. The monoisotopic (exact) mass is 486 g/mol. The van der Waals surface area contributed by atoms with Crippen LogP contribution in [-0.4, -0.2) is 60.6 Å². The van der Waals surface area contributed by atoms with Gasteiger partial charge in [0.1, 0.15) is 4.90 Å². The van der Waals surface area contributed by atoms with Gasteiger partial charge in [-0.25, -0.2) is 8.42 Å². The molecule has 2 aliphatic rings. The van der Waals surface area contributed by atoms with Gasteiger partial charge in [0.15, 0.2) is 0 Å². The lowest BCUT2D eigenvalue weighted by Crippen LogP contribution is -2.42. The number of anilines is 1. The zero-order valence-corrected chi connectivity index (χ0v) is 21.2. The van der Waals surface area contributed by atoms with Gasteiger partial charge in [-0.2, -0.15) is 4.31 Å². The van der Waals surface area contributed by atoms with Crippen LogP contribution in [0.5, 0.6) is 0 Å². The number of nitrogens with one attached hydrogen (secondary N) is 2. The quantitative estimate of drug-likeness (QED) is 0.675. The van der Waals surface area contributed by atoms with Crippen molar-refractivity contribution in [2.75, 3.05) is 31.5 Å². The Morgan fingerprint density at radius 3 is 2.21 bits per heavy atom. The van der Waals surface area contributed by atoms with E-state index in [2.05, 4.69) is 10.3 Å². The smallest absolute Gasteiger partial charge is 0.257 e. The average molecular weight is 487 g/mol. The van der Waals surface area contributed by atoms with Crippen LogP contribution in [-0.2, 0) is 14.8 Å². The van der Waals surface area contributed by atoms with Crippen LogP contribution in [0.2, 0.25) is 0 Å². The second kappa shape index (κ2) is 9.54. The highest BCUT2D eigenvalue weighted by Gasteiger charge is 2.38.